The van der Waals surface area contributed by atoms with Crippen LogP contribution in [-0.4, -0.2) is 64.6 Å². The number of rotatable bonds is 1. The van der Waals surface area contributed by atoms with E-state index in [0.29, 0.717) is 39.0 Å². The topological polar surface area (TPSA) is 76.9 Å². The molecule has 0 aromatic heterocycles. The Kier molecular flexibility index (Phi) is 4.94. The van der Waals surface area contributed by atoms with E-state index in [2.05, 4.69) is 11.0 Å². The van der Waals surface area contributed by atoms with Crippen LogP contribution in [0, 0.1) is 11.3 Å². The summed E-state index contributed by atoms with van der Waals surface area (Å²) < 4.78 is 5.47. The van der Waals surface area contributed by atoms with E-state index >= 15 is 0 Å². The summed E-state index contributed by atoms with van der Waals surface area (Å²) in [6, 6.07) is 2.20. The van der Waals surface area contributed by atoms with Crippen LogP contribution in [0.25, 0.3) is 0 Å². The highest BCUT2D eigenvalue weighted by Gasteiger charge is 2.53. The first kappa shape index (κ1) is 19.3. The predicted octanol–water partition coefficient (Wildman–Crippen LogP) is 2.62. The van der Waals surface area contributed by atoms with Gasteiger partial charge in [-0.1, -0.05) is 0 Å². The molecule has 0 unspecified atom stereocenters. The van der Waals surface area contributed by atoms with Crippen molar-refractivity contribution in [2.24, 2.45) is 0 Å². The van der Waals surface area contributed by atoms with Gasteiger partial charge in [-0.25, -0.2) is 4.79 Å². The third-order valence-corrected chi connectivity index (χ3v) is 5.48. The fraction of sp³-hybridized carbons (Fsp3) is 0.650. The Morgan fingerprint density at radius 3 is 2.41 bits per heavy atom. The summed E-state index contributed by atoms with van der Waals surface area (Å²) in [5.74, 6) is 0.113. The number of likely N-dealkylation sites (tertiary alicyclic amines) is 1. The van der Waals surface area contributed by atoms with Gasteiger partial charge in [0.25, 0.3) is 0 Å². The van der Waals surface area contributed by atoms with E-state index in [0.717, 1.165) is 17.7 Å². The van der Waals surface area contributed by atoms with E-state index in [-0.39, 0.29) is 12.0 Å². The molecule has 2 fully saturated rings. The van der Waals surface area contributed by atoms with Crippen LogP contribution >= 0.6 is 0 Å². The molecule has 1 aliphatic carbocycles. The smallest absolute Gasteiger partial charge is 0.410 e. The minimum Gasteiger partial charge on any atom is -0.444 e. The Labute approximate surface area is 160 Å². The zero-order valence-corrected chi connectivity index (χ0v) is 16.6. The molecule has 0 saturated carbocycles. The quantitative estimate of drug-likeness (QED) is 0.707. The van der Waals surface area contributed by atoms with Gasteiger partial charge in [-0.3, -0.25) is 4.79 Å². The number of nitriles is 1. The van der Waals surface area contributed by atoms with Crippen molar-refractivity contribution in [3.05, 3.63) is 23.4 Å². The third kappa shape index (κ3) is 3.66. The molecule has 0 aromatic carbocycles. The molecule has 2 amide bonds. The second-order valence-electron chi connectivity index (χ2n) is 8.53. The maximum absolute atomic E-state index is 13.0. The van der Waals surface area contributed by atoms with Gasteiger partial charge in [0.05, 0.1) is 12.7 Å². The van der Waals surface area contributed by atoms with Crippen LogP contribution in [0.5, 0.6) is 0 Å². The summed E-state index contributed by atoms with van der Waals surface area (Å²) in [7, 11) is 1.82. The van der Waals surface area contributed by atoms with Crippen LogP contribution < -0.4 is 0 Å². The van der Waals surface area contributed by atoms with Gasteiger partial charge in [-0.2, -0.15) is 5.26 Å². The molecule has 27 heavy (non-hydrogen) atoms. The largest absolute Gasteiger partial charge is 0.444 e. The number of likely N-dealkylation sites (N-methyl/N-ethyl adjacent to an activating group) is 1. The number of carbonyl (C=O) groups excluding carboxylic acids is 2. The van der Waals surface area contributed by atoms with E-state index in [1.54, 1.807) is 9.80 Å². The van der Waals surface area contributed by atoms with Gasteiger partial charge in [-0.15, -0.1) is 0 Å². The monoisotopic (exact) mass is 372 g/mol. The Balaban J connectivity index is 1.77. The molecule has 2 aliphatic heterocycles. The molecule has 2 heterocycles. The number of carbonyl (C=O) groups is 2. The van der Waals surface area contributed by atoms with E-state index in [1.807, 2.05) is 40.0 Å². The first-order chi connectivity index (χ1) is 12.7. The minimum atomic E-state index is -0.600. The SMILES string of the molecule is CN1CN(C2=CC=C(C#N)CC2)C2(CCN(C(=O)OC(C)(C)C)CC2)C1=O. The maximum atomic E-state index is 13.0. The van der Waals surface area contributed by atoms with Gasteiger partial charge >= 0.3 is 6.09 Å². The molecule has 0 aromatic rings. The van der Waals surface area contributed by atoms with Crippen molar-refractivity contribution in [3.63, 3.8) is 0 Å². The van der Waals surface area contributed by atoms with Gasteiger partial charge in [0.1, 0.15) is 11.1 Å². The number of piperidine rings is 1. The molecule has 146 valence electrons. The van der Waals surface area contributed by atoms with E-state index in [1.165, 1.54) is 0 Å². The summed E-state index contributed by atoms with van der Waals surface area (Å²) in [5.41, 5.74) is 0.736. The minimum absolute atomic E-state index is 0.113. The van der Waals surface area contributed by atoms with Crippen molar-refractivity contribution in [1.29, 1.82) is 5.26 Å². The normalized spacial score (nSPS) is 22.5. The number of hydrogen-bond acceptors (Lipinski definition) is 5. The third-order valence-electron chi connectivity index (χ3n) is 5.48. The average molecular weight is 372 g/mol. The predicted molar refractivity (Wildman–Crippen MR) is 100 cm³/mol. The average Bonchev–Trinajstić information content (AvgIpc) is 2.86. The molecule has 0 N–H and O–H groups in total. The fourth-order valence-electron chi connectivity index (χ4n) is 4.06. The first-order valence-corrected chi connectivity index (χ1v) is 9.47. The van der Waals surface area contributed by atoms with Gasteiger partial charge < -0.3 is 19.4 Å². The number of allylic oxidation sites excluding steroid dienone is 4. The van der Waals surface area contributed by atoms with E-state index in [9.17, 15) is 9.59 Å². The fourth-order valence-corrected chi connectivity index (χ4v) is 4.06. The highest BCUT2D eigenvalue weighted by Crippen LogP contribution is 2.40. The lowest BCUT2D eigenvalue weighted by atomic mass is 9.85. The molecule has 0 radical (unpaired) electrons. The lowest BCUT2D eigenvalue weighted by Crippen LogP contribution is -2.57. The van der Waals surface area contributed by atoms with Crippen molar-refractivity contribution in [3.8, 4) is 6.07 Å². The van der Waals surface area contributed by atoms with Crippen LogP contribution in [0.1, 0.15) is 46.5 Å². The molecule has 0 bridgehead atoms. The molecule has 3 rings (SSSR count). The Bertz CT molecular complexity index is 733. The second kappa shape index (κ2) is 6.91. The Hall–Kier alpha value is -2.49. The summed E-state index contributed by atoms with van der Waals surface area (Å²) in [6.45, 7) is 7.10. The molecular weight excluding hydrogens is 344 g/mol. The van der Waals surface area contributed by atoms with Crippen LogP contribution in [0.4, 0.5) is 4.79 Å². The van der Waals surface area contributed by atoms with E-state index in [4.69, 9.17) is 10.00 Å². The molecule has 7 nitrogen and oxygen atoms in total. The van der Waals surface area contributed by atoms with Crippen LogP contribution in [0.15, 0.2) is 23.4 Å². The molecule has 7 heteroatoms. The number of hydrogen-bond donors (Lipinski definition) is 0. The highest BCUT2D eigenvalue weighted by atomic mass is 16.6. The van der Waals surface area contributed by atoms with E-state index < -0.39 is 11.1 Å². The zero-order valence-electron chi connectivity index (χ0n) is 16.6. The van der Waals surface area contributed by atoms with Gasteiger partial charge in [-0.05, 0) is 58.6 Å². The van der Waals surface area contributed by atoms with Crippen molar-refractivity contribution >= 4 is 12.0 Å². The summed E-state index contributed by atoms with van der Waals surface area (Å²) in [5, 5.41) is 9.06. The first-order valence-electron chi connectivity index (χ1n) is 9.47. The second-order valence-corrected chi connectivity index (χ2v) is 8.53. The summed E-state index contributed by atoms with van der Waals surface area (Å²) >= 11 is 0. The van der Waals surface area contributed by atoms with Gasteiger partial charge in [0.2, 0.25) is 5.91 Å². The van der Waals surface area contributed by atoms with Gasteiger partial charge in [0, 0.05) is 31.4 Å². The number of nitrogens with zero attached hydrogens (tertiary/aromatic N) is 4. The van der Waals surface area contributed by atoms with Crippen molar-refractivity contribution in [1.82, 2.24) is 14.7 Å². The van der Waals surface area contributed by atoms with Crippen LogP contribution in [-0.2, 0) is 9.53 Å². The summed E-state index contributed by atoms with van der Waals surface area (Å²) in [4.78, 5) is 31.0. The number of ether oxygens (including phenoxy) is 1. The van der Waals surface area contributed by atoms with Crippen LogP contribution in [0.2, 0.25) is 0 Å². The highest BCUT2D eigenvalue weighted by molar-refractivity contribution is 5.89. The van der Waals surface area contributed by atoms with Gasteiger partial charge in [0.15, 0.2) is 0 Å². The molecular formula is C20H28N4O3. The van der Waals surface area contributed by atoms with Crippen molar-refractivity contribution in [2.75, 3.05) is 26.8 Å². The lowest BCUT2D eigenvalue weighted by Gasteiger charge is -2.44. The lowest BCUT2D eigenvalue weighted by molar-refractivity contribution is -0.134. The standard InChI is InChI=1S/C20H28N4O3/c1-19(2,3)27-18(26)23-11-9-20(10-12-23)17(25)22(4)14-24(20)16-7-5-15(13-21)6-8-16/h5,7H,6,8-12,14H2,1-4H3. The Morgan fingerprint density at radius 2 is 1.89 bits per heavy atom. The summed E-state index contributed by atoms with van der Waals surface area (Å²) in [6.07, 6.45) is 6.14. The molecule has 3 aliphatic rings. The molecule has 0 atom stereocenters. The zero-order chi connectivity index (χ0) is 19.8. The van der Waals surface area contributed by atoms with Crippen molar-refractivity contribution in [2.45, 2.75) is 57.6 Å². The maximum Gasteiger partial charge on any atom is 0.410 e. The molecule has 2 saturated heterocycles. The number of amides is 2. The van der Waals surface area contributed by atoms with Crippen LogP contribution in [0.3, 0.4) is 0 Å². The molecule has 1 spiro atoms. The Morgan fingerprint density at radius 1 is 1.22 bits per heavy atom. The van der Waals surface area contributed by atoms with Crippen molar-refractivity contribution < 1.29 is 14.3 Å².